The highest BCUT2D eigenvalue weighted by Gasteiger charge is 2.37. The number of alkyl carbamates (subject to hydrolysis) is 1. The Hall–Kier alpha value is -2.52. The topological polar surface area (TPSA) is 97.6 Å². The first-order chi connectivity index (χ1) is 13.8. The van der Waals surface area contributed by atoms with Crippen LogP contribution in [0.2, 0.25) is 0 Å². The number of nitro groups is 1. The van der Waals surface area contributed by atoms with Crippen molar-refractivity contribution >= 4 is 23.1 Å². The molecule has 2 aromatic rings. The summed E-state index contributed by atoms with van der Waals surface area (Å²) < 4.78 is 5.73. The van der Waals surface area contributed by atoms with Crippen LogP contribution in [0.25, 0.3) is 10.6 Å². The van der Waals surface area contributed by atoms with E-state index in [9.17, 15) is 14.9 Å². The summed E-state index contributed by atoms with van der Waals surface area (Å²) in [6, 6.07) is 6.39. The number of hydrogen-bond donors (Lipinski definition) is 1. The van der Waals surface area contributed by atoms with Crippen molar-refractivity contribution in [2.45, 2.75) is 38.3 Å². The Bertz CT molecular complexity index is 921. The lowest BCUT2D eigenvalue weighted by Gasteiger charge is -2.44. The number of fused-ring (bicyclic) bond motifs is 3. The van der Waals surface area contributed by atoms with Crippen LogP contribution in [-0.2, 0) is 10.3 Å². The van der Waals surface area contributed by atoms with Crippen LogP contribution in [0.15, 0.2) is 29.6 Å². The predicted octanol–water partition coefficient (Wildman–Crippen LogP) is 3.77. The molecule has 3 saturated heterocycles. The number of rotatable bonds is 5. The largest absolute Gasteiger partial charge is 0.445 e. The molecule has 1 aromatic carbocycles. The average Bonchev–Trinajstić information content (AvgIpc) is 3.20. The van der Waals surface area contributed by atoms with Crippen LogP contribution >= 0.6 is 11.3 Å². The first kappa shape index (κ1) is 19.8. The van der Waals surface area contributed by atoms with E-state index in [2.05, 4.69) is 15.2 Å². The van der Waals surface area contributed by atoms with Crippen molar-refractivity contribution < 1.29 is 14.5 Å². The zero-order valence-corrected chi connectivity index (χ0v) is 17.3. The molecule has 2 bridgehead atoms. The summed E-state index contributed by atoms with van der Waals surface area (Å²) in [4.78, 5) is 30.1. The number of nitro benzene ring substituents is 1. The van der Waals surface area contributed by atoms with Gasteiger partial charge >= 0.3 is 6.09 Å². The van der Waals surface area contributed by atoms with Gasteiger partial charge in [-0.3, -0.25) is 15.0 Å². The van der Waals surface area contributed by atoms with E-state index < -0.39 is 16.6 Å². The Morgan fingerprint density at radius 3 is 2.79 bits per heavy atom. The molecule has 29 heavy (non-hydrogen) atoms. The second-order valence-corrected chi connectivity index (χ2v) is 9.04. The van der Waals surface area contributed by atoms with E-state index >= 15 is 0 Å². The minimum Gasteiger partial charge on any atom is -0.445 e. The van der Waals surface area contributed by atoms with Gasteiger partial charge in [0.15, 0.2) is 0 Å². The maximum absolute atomic E-state index is 12.5. The van der Waals surface area contributed by atoms with Gasteiger partial charge in [0.05, 0.1) is 16.2 Å². The van der Waals surface area contributed by atoms with Gasteiger partial charge in [-0.1, -0.05) is 12.1 Å². The first-order valence-corrected chi connectivity index (χ1v) is 10.6. The number of nitrogens with zero attached hydrogens (tertiary/aromatic N) is 3. The number of amides is 1. The number of carbonyl (C=O) groups is 1. The number of benzene rings is 1. The Morgan fingerprint density at radius 1 is 1.38 bits per heavy atom. The Labute approximate surface area is 173 Å². The molecule has 1 amide bonds. The maximum Gasteiger partial charge on any atom is 0.408 e. The van der Waals surface area contributed by atoms with Crippen LogP contribution in [0.4, 0.5) is 10.5 Å². The minimum atomic E-state index is -0.722. The third-order valence-electron chi connectivity index (χ3n) is 5.72. The summed E-state index contributed by atoms with van der Waals surface area (Å²) in [5.74, 6) is 0.452. The number of thiazole rings is 1. The van der Waals surface area contributed by atoms with E-state index in [1.54, 1.807) is 12.1 Å². The zero-order chi connectivity index (χ0) is 20.6. The van der Waals surface area contributed by atoms with E-state index in [0.29, 0.717) is 22.2 Å². The molecule has 154 valence electrons. The molecule has 3 aliphatic rings. The van der Waals surface area contributed by atoms with Gasteiger partial charge in [-0.15, -0.1) is 11.3 Å². The number of non-ortho nitro benzene ring substituents is 1. The molecule has 4 heterocycles. The molecule has 3 fully saturated rings. The van der Waals surface area contributed by atoms with Crippen molar-refractivity contribution in [3.8, 4) is 10.6 Å². The highest BCUT2D eigenvalue weighted by atomic mass is 32.1. The molecule has 9 heteroatoms. The molecule has 0 spiro atoms. The molecule has 1 N–H and O–H groups in total. The number of ether oxygens (including phenoxy) is 1. The zero-order valence-electron chi connectivity index (χ0n) is 16.5. The second kappa shape index (κ2) is 7.72. The van der Waals surface area contributed by atoms with Gasteiger partial charge in [-0.25, -0.2) is 9.78 Å². The van der Waals surface area contributed by atoms with E-state index in [4.69, 9.17) is 4.74 Å². The summed E-state index contributed by atoms with van der Waals surface area (Å²) in [6.07, 6.45) is 1.68. The monoisotopic (exact) mass is 416 g/mol. The van der Waals surface area contributed by atoms with Crippen LogP contribution < -0.4 is 5.32 Å². The Balaban J connectivity index is 1.43. The predicted molar refractivity (Wildman–Crippen MR) is 110 cm³/mol. The van der Waals surface area contributed by atoms with Crippen LogP contribution in [-0.4, -0.2) is 46.6 Å². The SMILES string of the molecule is CC(C)(NC(=O)O[C@@H]1CN2CCC1CC2)c1csc(-c2cccc([N+](=O)[O-])c2)n1. The highest BCUT2D eigenvalue weighted by molar-refractivity contribution is 7.13. The van der Waals surface area contributed by atoms with Crippen molar-refractivity contribution in [2.24, 2.45) is 5.92 Å². The molecule has 0 unspecified atom stereocenters. The quantitative estimate of drug-likeness (QED) is 0.588. The number of nitrogens with one attached hydrogen (secondary N) is 1. The van der Waals surface area contributed by atoms with Gasteiger partial charge < -0.3 is 10.1 Å². The molecular formula is C20H24N4O4S. The molecule has 0 aliphatic carbocycles. The van der Waals surface area contributed by atoms with Crippen molar-refractivity contribution in [1.29, 1.82) is 0 Å². The van der Waals surface area contributed by atoms with Crippen molar-refractivity contribution in [3.63, 3.8) is 0 Å². The number of hydrogen-bond acceptors (Lipinski definition) is 7. The van der Waals surface area contributed by atoms with Gasteiger partial charge in [0.2, 0.25) is 0 Å². The van der Waals surface area contributed by atoms with Crippen molar-refractivity contribution in [1.82, 2.24) is 15.2 Å². The van der Waals surface area contributed by atoms with E-state index in [1.165, 1.54) is 23.5 Å². The smallest absolute Gasteiger partial charge is 0.408 e. The molecule has 0 radical (unpaired) electrons. The summed E-state index contributed by atoms with van der Waals surface area (Å²) in [6.45, 7) is 6.74. The van der Waals surface area contributed by atoms with Gasteiger partial charge in [-0.2, -0.15) is 0 Å². The van der Waals surface area contributed by atoms with Crippen molar-refractivity contribution in [2.75, 3.05) is 19.6 Å². The standard InChI is InChI=1S/C20H24N4O4S/c1-20(2,22-19(25)28-16-11-23-8-6-13(16)7-9-23)17-12-29-18(21-17)14-4-3-5-15(10-14)24(26)27/h3-5,10,12-13,16H,6-9,11H2,1-2H3,(H,22,25)/t16-/m1/s1. The summed E-state index contributed by atoms with van der Waals surface area (Å²) in [5.41, 5.74) is 0.675. The first-order valence-electron chi connectivity index (χ1n) is 9.74. The normalized spacial score (nSPS) is 23.6. The molecule has 3 aliphatic heterocycles. The molecule has 1 atom stereocenters. The minimum absolute atomic E-state index is 0.0257. The highest BCUT2D eigenvalue weighted by Crippen LogP contribution is 2.32. The maximum atomic E-state index is 12.5. The average molecular weight is 417 g/mol. The lowest BCUT2D eigenvalue weighted by atomic mass is 9.86. The fraction of sp³-hybridized carbons (Fsp3) is 0.500. The van der Waals surface area contributed by atoms with E-state index in [1.807, 2.05) is 19.2 Å². The number of carbonyl (C=O) groups excluding carboxylic acids is 1. The molecule has 8 nitrogen and oxygen atoms in total. The summed E-state index contributed by atoms with van der Waals surface area (Å²) in [7, 11) is 0. The van der Waals surface area contributed by atoms with Crippen LogP contribution in [0.1, 0.15) is 32.4 Å². The number of aromatic nitrogens is 1. The fourth-order valence-electron chi connectivity index (χ4n) is 3.98. The number of piperidine rings is 3. The molecule has 0 saturated carbocycles. The van der Waals surface area contributed by atoms with E-state index in [-0.39, 0.29) is 11.8 Å². The fourth-order valence-corrected chi connectivity index (χ4v) is 4.96. The lowest BCUT2D eigenvalue weighted by molar-refractivity contribution is -0.384. The summed E-state index contributed by atoms with van der Waals surface area (Å²) >= 11 is 1.39. The molecule has 5 rings (SSSR count). The van der Waals surface area contributed by atoms with Gasteiger partial charge in [0.1, 0.15) is 11.1 Å². The van der Waals surface area contributed by atoms with Crippen molar-refractivity contribution in [3.05, 3.63) is 45.5 Å². The Morgan fingerprint density at radius 2 is 2.14 bits per heavy atom. The van der Waals surface area contributed by atoms with E-state index in [0.717, 1.165) is 32.5 Å². The van der Waals surface area contributed by atoms with Gasteiger partial charge in [0, 0.05) is 29.6 Å². The second-order valence-electron chi connectivity index (χ2n) is 8.18. The summed E-state index contributed by atoms with van der Waals surface area (Å²) in [5, 5.41) is 16.5. The van der Waals surface area contributed by atoms with Gasteiger partial charge in [0.25, 0.3) is 5.69 Å². The van der Waals surface area contributed by atoms with Crippen LogP contribution in [0.3, 0.4) is 0 Å². The Kier molecular flexibility index (Phi) is 5.26. The lowest BCUT2D eigenvalue weighted by Crippen LogP contribution is -2.53. The third kappa shape index (κ3) is 4.25. The third-order valence-corrected chi connectivity index (χ3v) is 6.61. The van der Waals surface area contributed by atoms with Crippen LogP contribution in [0.5, 0.6) is 0 Å². The van der Waals surface area contributed by atoms with Crippen LogP contribution in [0, 0.1) is 16.0 Å². The molecular weight excluding hydrogens is 392 g/mol. The molecule has 1 aromatic heterocycles. The van der Waals surface area contributed by atoms with Gasteiger partial charge in [-0.05, 0) is 45.7 Å².